The molecule has 0 spiro atoms. The first-order valence-corrected chi connectivity index (χ1v) is 6.71. The fourth-order valence-electron chi connectivity index (χ4n) is 2.38. The van der Waals surface area contributed by atoms with Crippen LogP contribution in [-0.2, 0) is 0 Å². The maximum absolute atomic E-state index is 12.3. The highest BCUT2D eigenvalue weighted by molar-refractivity contribution is 5.82. The summed E-state index contributed by atoms with van der Waals surface area (Å²) >= 11 is 0. The zero-order valence-electron chi connectivity index (χ0n) is 11.7. The highest BCUT2D eigenvalue weighted by Crippen LogP contribution is 2.29. The van der Waals surface area contributed by atoms with Crippen LogP contribution < -0.4 is 10.3 Å². The maximum Gasteiger partial charge on any atom is 0.256 e. The molecule has 3 aromatic rings. The van der Waals surface area contributed by atoms with Crippen LogP contribution in [0.5, 0.6) is 5.75 Å². The number of hydrogen-bond acceptors (Lipinski definition) is 2. The van der Waals surface area contributed by atoms with Gasteiger partial charge < -0.3 is 9.72 Å². The second-order valence-electron chi connectivity index (χ2n) is 4.69. The summed E-state index contributed by atoms with van der Waals surface area (Å²) in [6, 6.07) is 19.3. The molecule has 0 unspecified atom stereocenters. The smallest absolute Gasteiger partial charge is 0.256 e. The molecule has 0 amide bonds. The number of H-pyrrole nitrogens is 1. The van der Waals surface area contributed by atoms with Crippen molar-refractivity contribution < 1.29 is 4.74 Å². The molecule has 3 nitrogen and oxygen atoms in total. The number of benzene rings is 2. The molecule has 104 valence electrons. The summed E-state index contributed by atoms with van der Waals surface area (Å²) in [6.45, 7) is 0. The van der Waals surface area contributed by atoms with Gasteiger partial charge in [-0.1, -0.05) is 42.5 Å². The first kappa shape index (κ1) is 13.2. The third-order valence-corrected chi connectivity index (χ3v) is 3.42. The molecular formula is C18H15NO2. The molecule has 0 saturated carbocycles. The largest absolute Gasteiger partial charge is 0.497 e. The molecule has 0 aliphatic heterocycles. The Hall–Kier alpha value is -2.81. The molecule has 2 aromatic carbocycles. The van der Waals surface area contributed by atoms with Crippen LogP contribution in [0.2, 0.25) is 0 Å². The molecule has 1 heterocycles. The van der Waals surface area contributed by atoms with Crippen molar-refractivity contribution in [2.24, 2.45) is 0 Å². The van der Waals surface area contributed by atoms with Gasteiger partial charge in [0.25, 0.3) is 5.56 Å². The molecular weight excluding hydrogens is 262 g/mol. The summed E-state index contributed by atoms with van der Waals surface area (Å²) in [5.41, 5.74) is 3.40. The molecule has 0 atom stereocenters. The monoisotopic (exact) mass is 277 g/mol. The van der Waals surface area contributed by atoms with E-state index in [9.17, 15) is 4.79 Å². The lowest BCUT2D eigenvalue weighted by Gasteiger charge is -2.09. The molecule has 0 bridgehead atoms. The fraction of sp³-hybridized carbons (Fsp3) is 0.0556. The minimum Gasteiger partial charge on any atom is -0.497 e. The van der Waals surface area contributed by atoms with Crippen LogP contribution >= 0.6 is 0 Å². The molecule has 21 heavy (non-hydrogen) atoms. The second kappa shape index (κ2) is 5.67. The minimum atomic E-state index is -0.0884. The summed E-state index contributed by atoms with van der Waals surface area (Å²) < 4.78 is 5.18. The van der Waals surface area contributed by atoms with E-state index in [2.05, 4.69) is 4.98 Å². The third kappa shape index (κ3) is 2.58. The Morgan fingerprint density at radius 1 is 0.857 bits per heavy atom. The summed E-state index contributed by atoms with van der Waals surface area (Å²) in [4.78, 5) is 15.0. The fourth-order valence-corrected chi connectivity index (χ4v) is 2.38. The van der Waals surface area contributed by atoms with Gasteiger partial charge in [0, 0.05) is 6.20 Å². The highest BCUT2D eigenvalue weighted by atomic mass is 16.5. The van der Waals surface area contributed by atoms with Gasteiger partial charge in [-0.3, -0.25) is 4.79 Å². The number of nitrogens with one attached hydrogen (secondary N) is 1. The summed E-state index contributed by atoms with van der Waals surface area (Å²) in [7, 11) is 1.64. The second-order valence-corrected chi connectivity index (χ2v) is 4.69. The SMILES string of the molecule is COc1ccc(-c2cc[nH]c(=O)c2-c2ccccc2)cc1. The quantitative estimate of drug-likeness (QED) is 0.792. The zero-order valence-corrected chi connectivity index (χ0v) is 11.7. The first-order chi connectivity index (χ1) is 10.3. The van der Waals surface area contributed by atoms with Crippen LogP contribution in [0.1, 0.15) is 0 Å². The van der Waals surface area contributed by atoms with Gasteiger partial charge in [-0.05, 0) is 34.9 Å². The first-order valence-electron chi connectivity index (χ1n) is 6.71. The Bertz CT molecular complexity index is 789. The summed E-state index contributed by atoms with van der Waals surface area (Å²) in [5, 5.41) is 0. The predicted molar refractivity (Wildman–Crippen MR) is 84.5 cm³/mol. The van der Waals surface area contributed by atoms with Crippen molar-refractivity contribution in [2.45, 2.75) is 0 Å². The number of aromatic amines is 1. The molecule has 3 heteroatoms. The van der Waals surface area contributed by atoms with E-state index in [-0.39, 0.29) is 5.56 Å². The average molecular weight is 277 g/mol. The van der Waals surface area contributed by atoms with Crippen LogP contribution in [0, 0.1) is 0 Å². The van der Waals surface area contributed by atoms with Gasteiger partial charge in [0.2, 0.25) is 0 Å². The van der Waals surface area contributed by atoms with Gasteiger partial charge in [0.15, 0.2) is 0 Å². The third-order valence-electron chi connectivity index (χ3n) is 3.42. The van der Waals surface area contributed by atoms with Crippen molar-refractivity contribution in [3.63, 3.8) is 0 Å². The molecule has 3 rings (SSSR count). The van der Waals surface area contributed by atoms with E-state index in [1.54, 1.807) is 13.3 Å². The van der Waals surface area contributed by atoms with Gasteiger partial charge in [-0.25, -0.2) is 0 Å². The molecule has 0 fully saturated rings. The molecule has 1 aromatic heterocycles. The number of ether oxygens (including phenoxy) is 1. The van der Waals surface area contributed by atoms with E-state index in [0.29, 0.717) is 5.56 Å². The predicted octanol–water partition coefficient (Wildman–Crippen LogP) is 3.72. The van der Waals surface area contributed by atoms with E-state index in [4.69, 9.17) is 4.74 Å². The van der Waals surface area contributed by atoms with Gasteiger partial charge in [-0.2, -0.15) is 0 Å². The topological polar surface area (TPSA) is 42.1 Å². The lowest BCUT2D eigenvalue weighted by Crippen LogP contribution is -2.09. The van der Waals surface area contributed by atoms with Gasteiger partial charge in [-0.15, -0.1) is 0 Å². The number of rotatable bonds is 3. The number of hydrogen-bond donors (Lipinski definition) is 1. The lowest BCUT2D eigenvalue weighted by atomic mass is 9.96. The van der Waals surface area contributed by atoms with Crippen LogP contribution in [0.15, 0.2) is 71.7 Å². The molecule has 0 radical (unpaired) electrons. The standard InChI is InChI=1S/C18H15NO2/c1-21-15-9-7-13(8-10-15)16-11-12-19-18(20)17(16)14-5-3-2-4-6-14/h2-12H,1H3,(H,19,20). The van der Waals surface area contributed by atoms with E-state index >= 15 is 0 Å². The molecule has 0 aliphatic carbocycles. The Morgan fingerprint density at radius 2 is 1.57 bits per heavy atom. The van der Waals surface area contributed by atoms with Gasteiger partial charge >= 0.3 is 0 Å². The molecule has 0 aliphatic rings. The highest BCUT2D eigenvalue weighted by Gasteiger charge is 2.11. The van der Waals surface area contributed by atoms with Crippen LogP contribution in [-0.4, -0.2) is 12.1 Å². The van der Waals surface area contributed by atoms with Crippen molar-refractivity contribution in [3.8, 4) is 28.0 Å². The Balaban J connectivity index is 2.19. The summed E-state index contributed by atoms with van der Waals surface area (Å²) in [5.74, 6) is 0.796. The minimum absolute atomic E-state index is 0.0884. The lowest BCUT2D eigenvalue weighted by molar-refractivity contribution is 0.415. The van der Waals surface area contributed by atoms with Crippen LogP contribution in [0.4, 0.5) is 0 Å². The molecule has 0 saturated heterocycles. The average Bonchev–Trinajstić information content (AvgIpc) is 2.55. The van der Waals surface area contributed by atoms with Gasteiger partial charge in [0.05, 0.1) is 12.7 Å². The van der Waals surface area contributed by atoms with E-state index in [1.807, 2.05) is 60.7 Å². The number of pyridine rings is 1. The Morgan fingerprint density at radius 3 is 2.24 bits per heavy atom. The summed E-state index contributed by atoms with van der Waals surface area (Å²) in [6.07, 6.45) is 1.67. The van der Waals surface area contributed by atoms with Crippen molar-refractivity contribution in [1.29, 1.82) is 0 Å². The molecule has 1 N–H and O–H groups in total. The maximum atomic E-state index is 12.3. The normalized spacial score (nSPS) is 10.3. The Labute approximate surface area is 122 Å². The van der Waals surface area contributed by atoms with Crippen molar-refractivity contribution >= 4 is 0 Å². The zero-order chi connectivity index (χ0) is 14.7. The van der Waals surface area contributed by atoms with Crippen molar-refractivity contribution in [3.05, 3.63) is 77.2 Å². The van der Waals surface area contributed by atoms with Crippen LogP contribution in [0.3, 0.4) is 0 Å². The number of aromatic nitrogens is 1. The van der Waals surface area contributed by atoms with Crippen molar-refractivity contribution in [2.75, 3.05) is 7.11 Å². The number of methoxy groups -OCH3 is 1. The van der Waals surface area contributed by atoms with E-state index in [1.165, 1.54) is 0 Å². The Kier molecular flexibility index (Phi) is 3.56. The van der Waals surface area contributed by atoms with E-state index in [0.717, 1.165) is 22.4 Å². The van der Waals surface area contributed by atoms with Crippen LogP contribution in [0.25, 0.3) is 22.3 Å². The van der Waals surface area contributed by atoms with Crippen molar-refractivity contribution in [1.82, 2.24) is 4.98 Å². The van der Waals surface area contributed by atoms with E-state index < -0.39 is 0 Å². The van der Waals surface area contributed by atoms with Gasteiger partial charge in [0.1, 0.15) is 5.75 Å².